The van der Waals surface area contributed by atoms with E-state index in [0.717, 1.165) is 18.6 Å². The van der Waals surface area contributed by atoms with Crippen LogP contribution in [-0.4, -0.2) is 17.9 Å². The van der Waals surface area contributed by atoms with Crippen molar-refractivity contribution >= 4 is 0 Å². The third kappa shape index (κ3) is 2.22. The molecule has 1 aliphatic rings. The highest BCUT2D eigenvalue weighted by atomic mass is 19.4. The summed E-state index contributed by atoms with van der Waals surface area (Å²) in [6.07, 6.45) is -3.58. The summed E-state index contributed by atoms with van der Waals surface area (Å²) in [7, 11) is 0. The third-order valence-corrected chi connectivity index (χ3v) is 3.81. The van der Waals surface area contributed by atoms with E-state index in [4.69, 9.17) is 0 Å². The van der Waals surface area contributed by atoms with Gasteiger partial charge in [0.1, 0.15) is 0 Å². The lowest BCUT2D eigenvalue weighted by Crippen LogP contribution is -2.39. The summed E-state index contributed by atoms with van der Waals surface area (Å²) in [6.45, 7) is -0.242. The first-order chi connectivity index (χ1) is 8.73. The number of alkyl halides is 5. The van der Waals surface area contributed by atoms with Crippen LogP contribution in [0.4, 0.5) is 22.0 Å². The minimum atomic E-state index is -5.61. The van der Waals surface area contributed by atoms with E-state index in [1.807, 2.05) is 0 Å². The fourth-order valence-electron chi connectivity index (χ4n) is 2.35. The lowest BCUT2D eigenvalue weighted by atomic mass is 9.65. The van der Waals surface area contributed by atoms with Crippen LogP contribution in [0.3, 0.4) is 0 Å². The maximum absolute atomic E-state index is 13.3. The van der Waals surface area contributed by atoms with Crippen molar-refractivity contribution in [3.05, 3.63) is 35.4 Å². The first-order valence-electron chi connectivity index (χ1n) is 5.89. The fourth-order valence-corrected chi connectivity index (χ4v) is 2.35. The van der Waals surface area contributed by atoms with Crippen molar-refractivity contribution < 1.29 is 27.1 Å². The van der Waals surface area contributed by atoms with Gasteiger partial charge in [0.05, 0.1) is 6.61 Å². The number of rotatable bonds is 3. The Morgan fingerprint density at radius 1 is 1.11 bits per heavy atom. The van der Waals surface area contributed by atoms with Gasteiger partial charge >= 0.3 is 12.1 Å². The number of hydrogen-bond donors (Lipinski definition) is 1. The molecular weight excluding hydrogens is 267 g/mol. The summed E-state index contributed by atoms with van der Waals surface area (Å²) in [6, 6.07) is 4.30. The highest BCUT2D eigenvalue weighted by Gasteiger charge is 2.58. The van der Waals surface area contributed by atoms with Crippen molar-refractivity contribution in [1.29, 1.82) is 0 Å². The third-order valence-electron chi connectivity index (χ3n) is 3.81. The topological polar surface area (TPSA) is 20.2 Å². The summed E-state index contributed by atoms with van der Waals surface area (Å²) in [5.74, 6) is -4.87. The lowest BCUT2D eigenvalue weighted by molar-refractivity contribution is -0.289. The molecule has 1 aromatic rings. The van der Waals surface area contributed by atoms with Gasteiger partial charge in [-0.2, -0.15) is 22.0 Å². The molecular formula is C13H13F5O. The molecule has 1 saturated carbocycles. The van der Waals surface area contributed by atoms with E-state index in [1.165, 1.54) is 12.1 Å². The SMILES string of the molecule is OCC1(c2cccc(C(F)(F)C(F)(F)F)c2)CCC1. The van der Waals surface area contributed by atoms with Crippen LogP contribution in [0.5, 0.6) is 0 Å². The second kappa shape index (κ2) is 4.44. The van der Waals surface area contributed by atoms with Gasteiger partial charge in [-0.1, -0.05) is 24.6 Å². The Hall–Kier alpha value is -1.17. The molecule has 0 amide bonds. The highest BCUT2D eigenvalue weighted by molar-refractivity contribution is 5.35. The van der Waals surface area contributed by atoms with Crippen LogP contribution >= 0.6 is 0 Å². The molecule has 1 nitrogen and oxygen atoms in total. The quantitative estimate of drug-likeness (QED) is 0.836. The lowest BCUT2D eigenvalue weighted by Gasteiger charge is -2.41. The molecule has 0 spiro atoms. The van der Waals surface area contributed by atoms with Gasteiger partial charge in [0, 0.05) is 11.0 Å². The van der Waals surface area contributed by atoms with Gasteiger partial charge in [0.2, 0.25) is 0 Å². The Kier molecular flexibility index (Phi) is 3.33. The summed E-state index contributed by atoms with van der Waals surface area (Å²) in [4.78, 5) is 0. The molecule has 19 heavy (non-hydrogen) atoms. The molecule has 0 aromatic heterocycles. The molecule has 106 valence electrons. The van der Waals surface area contributed by atoms with Crippen molar-refractivity contribution in [2.75, 3.05) is 6.61 Å². The van der Waals surface area contributed by atoms with Crippen LogP contribution in [0.1, 0.15) is 30.4 Å². The second-order valence-electron chi connectivity index (χ2n) is 4.94. The van der Waals surface area contributed by atoms with E-state index in [1.54, 1.807) is 0 Å². The monoisotopic (exact) mass is 280 g/mol. The molecule has 2 rings (SSSR count). The molecule has 0 unspecified atom stereocenters. The fraction of sp³-hybridized carbons (Fsp3) is 0.538. The molecule has 0 aliphatic heterocycles. The van der Waals surface area contributed by atoms with E-state index < -0.39 is 23.1 Å². The van der Waals surface area contributed by atoms with Crippen molar-refractivity contribution in [2.24, 2.45) is 0 Å². The number of aliphatic hydroxyl groups is 1. The van der Waals surface area contributed by atoms with Crippen LogP contribution < -0.4 is 0 Å². The maximum atomic E-state index is 13.3. The van der Waals surface area contributed by atoms with Gasteiger partial charge in [0.15, 0.2) is 0 Å². The maximum Gasteiger partial charge on any atom is 0.458 e. The predicted octanol–water partition coefficient (Wildman–Crippen LogP) is 3.75. The zero-order valence-corrected chi connectivity index (χ0v) is 9.97. The normalized spacial score (nSPS) is 19.1. The molecule has 0 bridgehead atoms. The minimum Gasteiger partial charge on any atom is -0.395 e. The van der Waals surface area contributed by atoms with E-state index in [0.29, 0.717) is 18.4 Å². The molecule has 1 aliphatic carbocycles. The van der Waals surface area contributed by atoms with E-state index in [9.17, 15) is 27.1 Å². The summed E-state index contributed by atoms with van der Waals surface area (Å²) in [5, 5.41) is 9.33. The molecule has 0 saturated heterocycles. The number of benzene rings is 1. The molecule has 0 atom stereocenters. The molecule has 0 radical (unpaired) electrons. The van der Waals surface area contributed by atoms with Gasteiger partial charge in [0.25, 0.3) is 0 Å². The first kappa shape index (κ1) is 14.2. The van der Waals surface area contributed by atoms with Crippen LogP contribution in [0.25, 0.3) is 0 Å². The van der Waals surface area contributed by atoms with Crippen molar-refractivity contribution in [3.63, 3.8) is 0 Å². The Bertz CT molecular complexity index is 457. The first-order valence-corrected chi connectivity index (χ1v) is 5.89. The van der Waals surface area contributed by atoms with Crippen molar-refractivity contribution in [2.45, 2.75) is 36.8 Å². The van der Waals surface area contributed by atoms with Gasteiger partial charge in [-0.25, -0.2) is 0 Å². The summed E-state index contributed by atoms with van der Waals surface area (Å²) in [5.41, 5.74) is -1.38. The Morgan fingerprint density at radius 2 is 1.74 bits per heavy atom. The smallest absolute Gasteiger partial charge is 0.395 e. The largest absolute Gasteiger partial charge is 0.458 e. The number of aliphatic hydroxyl groups excluding tert-OH is 1. The zero-order chi connectivity index (χ0) is 14.3. The van der Waals surface area contributed by atoms with Crippen LogP contribution in [0.2, 0.25) is 0 Å². The Balaban J connectivity index is 2.40. The van der Waals surface area contributed by atoms with E-state index in [2.05, 4.69) is 0 Å². The Morgan fingerprint density at radius 3 is 2.16 bits per heavy atom. The van der Waals surface area contributed by atoms with E-state index >= 15 is 0 Å². The second-order valence-corrected chi connectivity index (χ2v) is 4.94. The molecule has 1 aromatic carbocycles. The van der Waals surface area contributed by atoms with E-state index in [-0.39, 0.29) is 6.61 Å². The Labute approximate surface area is 107 Å². The van der Waals surface area contributed by atoms with Crippen LogP contribution in [0.15, 0.2) is 24.3 Å². The zero-order valence-electron chi connectivity index (χ0n) is 9.97. The number of hydrogen-bond acceptors (Lipinski definition) is 1. The number of halogens is 5. The standard InChI is InChI=1S/C13H13F5O/c14-12(15,13(16,17)18)10-4-1-3-9(7-10)11(8-19)5-2-6-11/h1,3-4,7,19H,2,5-6,8H2. The predicted molar refractivity (Wildman–Crippen MR) is 59.0 cm³/mol. The molecule has 1 fully saturated rings. The summed E-state index contributed by atoms with van der Waals surface area (Å²) < 4.78 is 63.5. The summed E-state index contributed by atoms with van der Waals surface area (Å²) >= 11 is 0. The average molecular weight is 280 g/mol. The molecule has 1 N–H and O–H groups in total. The van der Waals surface area contributed by atoms with Crippen LogP contribution in [-0.2, 0) is 11.3 Å². The van der Waals surface area contributed by atoms with Crippen LogP contribution in [0, 0.1) is 0 Å². The average Bonchev–Trinajstić information content (AvgIpc) is 2.27. The van der Waals surface area contributed by atoms with Gasteiger partial charge in [-0.15, -0.1) is 0 Å². The van der Waals surface area contributed by atoms with Gasteiger partial charge in [-0.05, 0) is 24.5 Å². The van der Waals surface area contributed by atoms with Gasteiger partial charge in [-0.3, -0.25) is 0 Å². The minimum absolute atomic E-state index is 0.242. The van der Waals surface area contributed by atoms with Crippen molar-refractivity contribution in [1.82, 2.24) is 0 Å². The van der Waals surface area contributed by atoms with Crippen molar-refractivity contribution in [3.8, 4) is 0 Å². The molecule has 6 heteroatoms. The van der Waals surface area contributed by atoms with Gasteiger partial charge < -0.3 is 5.11 Å². The highest BCUT2D eigenvalue weighted by Crippen LogP contribution is 2.47. The molecule has 0 heterocycles.